The largest absolute Gasteiger partial charge is 0.457 e. The Bertz CT molecular complexity index is 684. The Hall–Kier alpha value is -1.66. The molecule has 1 unspecified atom stereocenters. The van der Waals surface area contributed by atoms with Crippen LogP contribution in [0.2, 0.25) is 0 Å². The third kappa shape index (κ3) is 2.25. The van der Waals surface area contributed by atoms with Gasteiger partial charge in [0.15, 0.2) is 4.67 Å². The molecule has 0 bridgehead atoms. The van der Waals surface area contributed by atoms with Crippen molar-refractivity contribution in [2.24, 2.45) is 5.73 Å². The fourth-order valence-corrected chi connectivity index (χ4v) is 2.84. The van der Waals surface area contributed by atoms with E-state index >= 15 is 0 Å². The van der Waals surface area contributed by atoms with Crippen LogP contribution in [-0.4, -0.2) is 5.91 Å². The summed E-state index contributed by atoms with van der Waals surface area (Å²) in [4.78, 5) is 11.3. The molecule has 2 aromatic rings. The molecular formula is C14H12BrFN2O2. The van der Waals surface area contributed by atoms with Gasteiger partial charge in [0.25, 0.3) is 0 Å². The molecule has 104 valence electrons. The third-order valence-corrected chi connectivity index (χ3v) is 4.08. The first-order chi connectivity index (χ1) is 9.56. The summed E-state index contributed by atoms with van der Waals surface area (Å²) in [5.74, 6) is -0.530. The lowest BCUT2D eigenvalue weighted by Gasteiger charge is -2.20. The van der Waals surface area contributed by atoms with Crippen molar-refractivity contribution in [3.05, 3.63) is 51.6 Å². The van der Waals surface area contributed by atoms with E-state index in [1.54, 1.807) is 12.1 Å². The number of hydrogen-bond acceptors (Lipinski definition) is 3. The minimum atomic E-state index is -0.619. The highest BCUT2D eigenvalue weighted by Gasteiger charge is 2.22. The number of carbonyl (C=O) groups excluding carboxylic acids is 1. The molecule has 0 aliphatic carbocycles. The van der Waals surface area contributed by atoms with Gasteiger partial charge in [-0.2, -0.15) is 0 Å². The average Bonchev–Trinajstić information content (AvgIpc) is 2.83. The lowest BCUT2D eigenvalue weighted by molar-refractivity contribution is -0.116. The minimum absolute atomic E-state index is 0.0912. The van der Waals surface area contributed by atoms with E-state index in [1.165, 1.54) is 12.3 Å². The Labute approximate surface area is 123 Å². The van der Waals surface area contributed by atoms with Crippen LogP contribution in [0.1, 0.15) is 29.2 Å². The highest BCUT2D eigenvalue weighted by Crippen LogP contribution is 2.33. The Morgan fingerprint density at radius 1 is 1.35 bits per heavy atom. The summed E-state index contributed by atoms with van der Waals surface area (Å²) < 4.78 is 19.8. The van der Waals surface area contributed by atoms with Crippen LogP contribution in [0.15, 0.2) is 33.5 Å². The molecule has 1 amide bonds. The van der Waals surface area contributed by atoms with Crippen molar-refractivity contribution in [3.63, 3.8) is 0 Å². The molecule has 0 saturated carbocycles. The number of hydrogen-bond donors (Lipinski definition) is 2. The zero-order chi connectivity index (χ0) is 14.3. The van der Waals surface area contributed by atoms with E-state index in [9.17, 15) is 9.18 Å². The number of halogens is 2. The Balaban J connectivity index is 2.02. The standard InChI is InChI=1S/C14H12BrFN2O2/c15-14-8(3-4-20-14)13(17)9-5-7-1-2-12(19)18-11(7)6-10(9)16/h3-6,13H,1-2,17H2,(H,18,19). The van der Waals surface area contributed by atoms with E-state index in [2.05, 4.69) is 21.2 Å². The second kappa shape index (κ2) is 5.03. The lowest BCUT2D eigenvalue weighted by atomic mass is 9.95. The molecule has 1 aliphatic rings. The molecule has 3 rings (SSSR count). The highest BCUT2D eigenvalue weighted by molar-refractivity contribution is 9.10. The molecule has 2 heterocycles. The number of nitrogens with one attached hydrogen (secondary N) is 1. The van der Waals surface area contributed by atoms with Crippen LogP contribution in [0.3, 0.4) is 0 Å². The third-order valence-electron chi connectivity index (χ3n) is 3.43. The molecule has 1 aromatic carbocycles. The van der Waals surface area contributed by atoms with Gasteiger partial charge >= 0.3 is 0 Å². The summed E-state index contributed by atoms with van der Waals surface area (Å²) in [7, 11) is 0. The molecule has 0 saturated heterocycles. The Morgan fingerprint density at radius 2 is 2.15 bits per heavy atom. The average molecular weight is 339 g/mol. The molecule has 6 heteroatoms. The quantitative estimate of drug-likeness (QED) is 0.883. The molecule has 0 fully saturated rings. The summed E-state index contributed by atoms with van der Waals surface area (Å²) in [5.41, 5.74) is 8.61. The van der Waals surface area contributed by atoms with Gasteiger partial charge < -0.3 is 15.5 Å². The van der Waals surface area contributed by atoms with Crippen molar-refractivity contribution < 1.29 is 13.6 Å². The van der Waals surface area contributed by atoms with E-state index in [4.69, 9.17) is 10.2 Å². The predicted molar refractivity (Wildman–Crippen MR) is 75.8 cm³/mol. The minimum Gasteiger partial charge on any atom is -0.457 e. The van der Waals surface area contributed by atoms with Crippen molar-refractivity contribution in [3.8, 4) is 0 Å². The molecule has 0 radical (unpaired) electrons. The molecule has 0 spiro atoms. The van der Waals surface area contributed by atoms with E-state index in [-0.39, 0.29) is 5.91 Å². The second-order valence-electron chi connectivity index (χ2n) is 4.71. The lowest BCUT2D eigenvalue weighted by Crippen LogP contribution is -2.21. The number of nitrogens with two attached hydrogens (primary N) is 1. The van der Waals surface area contributed by atoms with Gasteiger partial charge in [-0.3, -0.25) is 4.79 Å². The number of amides is 1. The number of carbonyl (C=O) groups is 1. The Kier molecular flexibility index (Phi) is 3.35. The maximum atomic E-state index is 14.2. The highest BCUT2D eigenvalue weighted by atomic mass is 79.9. The molecule has 1 aromatic heterocycles. The van der Waals surface area contributed by atoms with Gasteiger partial charge in [-0.05, 0) is 46.1 Å². The van der Waals surface area contributed by atoms with Crippen LogP contribution in [0.5, 0.6) is 0 Å². The van der Waals surface area contributed by atoms with Crippen LogP contribution in [-0.2, 0) is 11.2 Å². The number of rotatable bonds is 2. The zero-order valence-corrected chi connectivity index (χ0v) is 12.0. The summed E-state index contributed by atoms with van der Waals surface area (Å²) in [6.07, 6.45) is 2.49. The molecule has 1 atom stereocenters. The second-order valence-corrected chi connectivity index (χ2v) is 5.43. The Morgan fingerprint density at radius 3 is 2.85 bits per heavy atom. The zero-order valence-electron chi connectivity index (χ0n) is 10.5. The van der Waals surface area contributed by atoms with Crippen LogP contribution in [0.4, 0.5) is 10.1 Å². The van der Waals surface area contributed by atoms with Crippen LogP contribution in [0, 0.1) is 5.82 Å². The van der Waals surface area contributed by atoms with Crippen molar-refractivity contribution in [2.75, 3.05) is 5.32 Å². The molecule has 4 nitrogen and oxygen atoms in total. The van der Waals surface area contributed by atoms with Gasteiger partial charge in [0.2, 0.25) is 5.91 Å². The fraction of sp³-hybridized carbons (Fsp3) is 0.214. The summed E-state index contributed by atoms with van der Waals surface area (Å²) in [5, 5.41) is 2.67. The maximum Gasteiger partial charge on any atom is 0.224 e. The number of anilines is 1. The van der Waals surface area contributed by atoms with Gasteiger partial charge in [-0.1, -0.05) is 0 Å². The number of furan rings is 1. The van der Waals surface area contributed by atoms with Crippen molar-refractivity contribution >= 4 is 27.5 Å². The van der Waals surface area contributed by atoms with Gasteiger partial charge in [0, 0.05) is 23.2 Å². The van der Waals surface area contributed by atoms with Crippen molar-refractivity contribution in [2.45, 2.75) is 18.9 Å². The first-order valence-corrected chi connectivity index (χ1v) is 6.96. The van der Waals surface area contributed by atoms with Gasteiger partial charge in [0.1, 0.15) is 5.82 Å². The maximum absolute atomic E-state index is 14.2. The SMILES string of the molecule is NC(c1cc2c(cc1F)NC(=O)CC2)c1ccoc1Br. The number of aryl methyl sites for hydroxylation is 1. The summed E-state index contributed by atoms with van der Waals surface area (Å²) in [6.45, 7) is 0. The van der Waals surface area contributed by atoms with E-state index < -0.39 is 11.9 Å². The summed E-state index contributed by atoms with van der Waals surface area (Å²) in [6, 6.07) is 4.13. The van der Waals surface area contributed by atoms with Gasteiger partial charge in [-0.15, -0.1) is 0 Å². The van der Waals surface area contributed by atoms with E-state index in [0.29, 0.717) is 34.3 Å². The fourth-order valence-electron chi connectivity index (χ4n) is 2.35. The monoisotopic (exact) mass is 338 g/mol. The van der Waals surface area contributed by atoms with E-state index in [1.807, 2.05) is 0 Å². The number of fused-ring (bicyclic) bond motifs is 1. The molecule has 1 aliphatic heterocycles. The topological polar surface area (TPSA) is 68.3 Å². The molecule has 20 heavy (non-hydrogen) atoms. The van der Waals surface area contributed by atoms with Crippen molar-refractivity contribution in [1.82, 2.24) is 0 Å². The van der Waals surface area contributed by atoms with Gasteiger partial charge in [0.05, 0.1) is 12.3 Å². The predicted octanol–water partition coefficient (Wildman–Crippen LogP) is 3.11. The first-order valence-electron chi connectivity index (χ1n) is 6.17. The van der Waals surface area contributed by atoms with Crippen LogP contribution in [0.25, 0.3) is 0 Å². The molecule has 3 N–H and O–H groups in total. The van der Waals surface area contributed by atoms with Crippen LogP contribution < -0.4 is 11.1 Å². The first kappa shape index (κ1) is 13.3. The number of benzene rings is 1. The molecular weight excluding hydrogens is 327 g/mol. The van der Waals surface area contributed by atoms with Crippen LogP contribution >= 0.6 is 15.9 Å². The van der Waals surface area contributed by atoms with Gasteiger partial charge in [-0.25, -0.2) is 4.39 Å². The summed E-state index contributed by atoms with van der Waals surface area (Å²) >= 11 is 3.25. The van der Waals surface area contributed by atoms with Crippen molar-refractivity contribution in [1.29, 1.82) is 0 Å². The van der Waals surface area contributed by atoms with E-state index in [0.717, 1.165) is 5.56 Å². The normalized spacial score (nSPS) is 15.7. The smallest absolute Gasteiger partial charge is 0.224 e.